The van der Waals surface area contributed by atoms with Crippen molar-refractivity contribution in [2.45, 2.75) is 38.8 Å². The Morgan fingerprint density at radius 3 is 2.94 bits per heavy atom. The second-order valence-electron chi connectivity index (χ2n) is 5.38. The molecule has 4 unspecified atom stereocenters. The first-order valence-corrected chi connectivity index (χ1v) is 6.70. The van der Waals surface area contributed by atoms with Crippen LogP contribution in [0.4, 0.5) is 0 Å². The van der Waals surface area contributed by atoms with Crippen LogP contribution in [0.3, 0.4) is 0 Å². The minimum absolute atomic E-state index is 0.0949. The summed E-state index contributed by atoms with van der Waals surface area (Å²) >= 11 is 0. The fourth-order valence-electron chi connectivity index (χ4n) is 3.54. The number of carbonyl (C=O) groups is 1. The molecule has 0 amide bonds. The van der Waals surface area contributed by atoms with Gasteiger partial charge in [-0.1, -0.05) is 6.92 Å². The topological polar surface area (TPSA) is 41.6 Å². The number of carbonyl (C=O) groups excluding carboxylic acids is 1. The number of methoxy groups -OCH3 is 1. The smallest absolute Gasteiger partial charge is 0.307 e. The van der Waals surface area contributed by atoms with E-state index in [1.165, 1.54) is 13.5 Å². The number of esters is 1. The number of rotatable bonds is 4. The van der Waals surface area contributed by atoms with Gasteiger partial charge in [-0.2, -0.15) is 0 Å². The number of ether oxygens (including phenoxy) is 1. The van der Waals surface area contributed by atoms with E-state index in [0.717, 1.165) is 31.5 Å². The SMILES string of the molecule is CCC1C2CNCC2CN1C(C)CC(=O)OC. The Bertz CT molecular complexity index is 283. The fourth-order valence-corrected chi connectivity index (χ4v) is 3.54. The number of nitrogens with zero attached hydrogens (tertiary/aromatic N) is 1. The van der Waals surface area contributed by atoms with Crippen molar-refractivity contribution < 1.29 is 9.53 Å². The van der Waals surface area contributed by atoms with Gasteiger partial charge in [-0.05, 0) is 38.3 Å². The third-order valence-corrected chi connectivity index (χ3v) is 4.43. The van der Waals surface area contributed by atoms with Gasteiger partial charge in [-0.3, -0.25) is 9.69 Å². The van der Waals surface area contributed by atoms with Gasteiger partial charge in [0.1, 0.15) is 0 Å². The standard InChI is InChI=1S/C13H24N2O2/c1-4-12-11-7-14-6-10(11)8-15(12)9(2)5-13(16)17-3/h9-12,14H,4-8H2,1-3H3. The van der Waals surface area contributed by atoms with Crippen LogP contribution in [0.25, 0.3) is 0 Å². The lowest BCUT2D eigenvalue weighted by Gasteiger charge is -2.31. The highest BCUT2D eigenvalue weighted by Gasteiger charge is 2.44. The molecule has 0 radical (unpaired) electrons. The van der Waals surface area contributed by atoms with Crippen LogP contribution in [0.1, 0.15) is 26.7 Å². The highest BCUT2D eigenvalue weighted by Crippen LogP contribution is 2.35. The second kappa shape index (κ2) is 5.36. The molecule has 2 rings (SSSR count). The van der Waals surface area contributed by atoms with Crippen LogP contribution in [-0.2, 0) is 9.53 Å². The van der Waals surface area contributed by atoms with Crippen molar-refractivity contribution in [3.8, 4) is 0 Å². The first-order valence-electron chi connectivity index (χ1n) is 6.70. The van der Waals surface area contributed by atoms with Gasteiger partial charge in [-0.25, -0.2) is 0 Å². The van der Waals surface area contributed by atoms with E-state index >= 15 is 0 Å². The molecular weight excluding hydrogens is 216 g/mol. The highest BCUT2D eigenvalue weighted by molar-refractivity contribution is 5.69. The normalized spacial score (nSPS) is 34.6. The molecule has 2 fully saturated rings. The van der Waals surface area contributed by atoms with Gasteiger partial charge in [0.2, 0.25) is 0 Å². The van der Waals surface area contributed by atoms with Gasteiger partial charge in [0, 0.05) is 18.6 Å². The molecule has 0 spiro atoms. The molecule has 0 saturated carbocycles. The third-order valence-electron chi connectivity index (χ3n) is 4.43. The van der Waals surface area contributed by atoms with E-state index in [2.05, 4.69) is 24.1 Å². The Kier molecular flexibility index (Phi) is 4.05. The number of hydrogen-bond donors (Lipinski definition) is 1. The molecule has 98 valence electrons. The zero-order chi connectivity index (χ0) is 12.4. The van der Waals surface area contributed by atoms with E-state index in [1.807, 2.05) is 0 Å². The molecule has 0 aromatic rings. The van der Waals surface area contributed by atoms with Gasteiger partial charge < -0.3 is 10.1 Å². The van der Waals surface area contributed by atoms with Crippen molar-refractivity contribution in [2.24, 2.45) is 11.8 Å². The lowest BCUT2D eigenvalue weighted by atomic mass is 9.92. The fraction of sp³-hybridized carbons (Fsp3) is 0.923. The molecular formula is C13H24N2O2. The summed E-state index contributed by atoms with van der Waals surface area (Å²) in [6.45, 7) is 7.82. The van der Waals surface area contributed by atoms with Crippen LogP contribution < -0.4 is 5.32 Å². The maximum atomic E-state index is 11.4. The zero-order valence-electron chi connectivity index (χ0n) is 11.1. The minimum Gasteiger partial charge on any atom is -0.469 e. The Hall–Kier alpha value is -0.610. The van der Waals surface area contributed by atoms with Crippen molar-refractivity contribution in [1.82, 2.24) is 10.2 Å². The molecule has 0 bridgehead atoms. The zero-order valence-corrected chi connectivity index (χ0v) is 11.1. The van der Waals surface area contributed by atoms with Crippen molar-refractivity contribution in [3.05, 3.63) is 0 Å². The van der Waals surface area contributed by atoms with Gasteiger partial charge in [0.15, 0.2) is 0 Å². The second-order valence-corrected chi connectivity index (χ2v) is 5.38. The third kappa shape index (κ3) is 2.47. The maximum Gasteiger partial charge on any atom is 0.307 e. The van der Waals surface area contributed by atoms with Crippen LogP contribution in [0, 0.1) is 11.8 Å². The van der Waals surface area contributed by atoms with Gasteiger partial charge >= 0.3 is 5.97 Å². The number of likely N-dealkylation sites (tertiary alicyclic amines) is 1. The molecule has 2 aliphatic heterocycles. The Morgan fingerprint density at radius 2 is 2.29 bits per heavy atom. The molecule has 4 nitrogen and oxygen atoms in total. The predicted molar refractivity (Wildman–Crippen MR) is 66.7 cm³/mol. The van der Waals surface area contributed by atoms with Crippen LogP contribution >= 0.6 is 0 Å². The molecule has 4 atom stereocenters. The summed E-state index contributed by atoms with van der Waals surface area (Å²) in [6, 6.07) is 0.938. The van der Waals surface area contributed by atoms with Crippen LogP contribution in [-0.4, -0.2) is 49.7 Å². The lowest BCUT2D eigenvalue weighted by molar-refractivity contribution is -0.142. The van der Waals surface area contributed by atoms with E-state index in [0.29, 0.717) is 18.5 Å². The average molecular weight is 240 g/mol. The quantitative estimate of drug-likeness (QED) is 0.740. The summed E-state index contributed by atoms with van der Waals surface area (Å²) in [5, 5.41) is 3.48. The Morgan fingerprint density at radius 1 is 1.53 bits per heavy atom. The highest BCUT2D eigenvalue weighted by atomic mass is 16.5. The molecule has 0 aromatic heterocycles. The summed E-state index contributed by atoms with van der Waals surface area (Å²) in [5.41, 5.74) is 0. The van der Waals surface area contributed by atoms with Crippen molar-refractivity contribution >= 4 is 5.97 Å². The van der Waals surface area contributed by atoms with Crippen molar-refractivity contribution in [1.29, 1.82) is 0 Å². The number of fused-ring (bicyclic) bond motifs is 1. The molecule has 17 heavy (non-hydrogen) atoms. The van der Waals surface area contributed by atoms with Crippen LogP contribution in [0.5, 0.6) is 0 Å². The maximum absolute atomic E-state index is 11.4. The summed E-state index contributed by atoms with van der Waals surface area (Å²) in [6.07, 6.45) is 1.69. The average Bonchev–Trinajstić information content (AvgIpc) is 2.87. The molecule has 1 N–H and O–H groups in total. The first kappa shape index (κ1) is 12.8. The van der Waals surface area contributed by atoms with Crippen molar-refractivity contribution in [2.75, 3.05) is 26.7 Å². The van der Waals surface area contributed by atoms with E-state index in [4.69, 9.17) is 4.74 Å². The largest absolute Gasteiger partial charge is 0.469 e. The van der Waals surface area contributed by atoms with E-state index in [9.17, 15) is 4.79 Å². The molecule has 0 aromatic carbocycles. The van der Waals surface area contributed by atoms with Gasteiger partial charge in [0.25, 0.3) is 0 Å². The summed E-state index contributed by atoms with van der Waals surface area (Å²) in [5.74, 6) is 1.46. The molecule has 2 heterocycles. The molecule has 2 saturated heterocycles. The molecule has 4 heteroatoms. The first-order chi connectivity index (χ1) is 8.17. The molecule has 0 aliphatic carbocycles. The Balaban J connectivity index is 1.98. The molecule has 2 aliphatic rings. The monoisotopic (exact) mass is 240 g/mol. The van der Waals surface area contributed by atoms with E-state index in [-0.39, 0.29) is 5.97 Å². The summed E-state index contributed by atoms with van der Waals surface area (Å²) in [4.78, 5) is 13.9. The Labute approximate surface area is 104 Å². The predicted octanol–water partition coefficient (Wildman–Crippen LogP) is 0.868. The van der Waals surface area contributed by atoms with E-state index < -0.39 is 0 Å². The van der Waals surface area contributed by atoms with Gasteiger partial charge in [0.05, 0.1) is 13.5 Å². The minimum atomic E-state index is -0.0949. The summed E-state index contributed by atoms with van der Waals surface area (Å²) < 4.78 is 4.77. The summed E-state index contributed by atoms with van der Waals surface area (Å²) in [7, 11) is 1.47. The van der Waals surface area contributed by atoms with Gasteiger partial charge in [-0.15, -0.1) is 0 Å². The number of hydrogen-bond acceptors (Lipinski definition) is 4. The van der Waals surface area contributed by atoms with E-state index in [1.54, 1.807) is 0 Å². The van der Waals surface area contributed by atoms with Crippen LogP contribution in [0.15, 0.2) is 0 Å². The lowest BCUT2D eigenvalue weighted by Crippen LogP contribution is -2.42. The van der Waals surface area contributed by atoms with Crippen LogP contribution in [0.2, 0.25) is 0 Å². The van der Waals surface area contributed by atoms with Crippen molar-refractivity contribution in [3.63, 3.8) is 0 Å². The number of nitrogens with one attached hydrogen (secondary N) is 1.